The predicted molar refractivity (Wildman–Crippen MR) is 85.8 cm³/mol. The van der Waals surface area contributed by atoms with E-state index in [1.54, 1.807) is 0 Å². The topological polar surface area (TPSA) is 4.93 Å². The van der Waals surface area contributed by atoms with E-state index < -0.39 is 0 Å². The van der Waals surface area contributed by atoms with Gasteiger partial charge in [0.1, 0.15) is 0 Å². The normalized spacial score (nSPS) is 12.7. The molecule has 0 aliphatic carbocycles. The lowest BCUT2D eigenvalue weighted by Gasteiger charge is -2.11. The molecule has 0 saturated heterocycles. The second kappa shape index (κ2) is 6.60. The summed E-state index contributed by atoms with van der Waals surface area (Å²) in [5, 5.41) is 0. The zero-order valence-corrected chi connectivity index (χ0v) is 13.2. The van der Waals surface area contributed by atoms with E-state index in [1.807, 2.05) is 6.08 Å². The smallest absolute Gasteiger partial charge is 0.0475 e. The average Bonchev–Trinajstić information content (AvgIpc) is 2.54. The fraction of sp³-hybridized carbons (Fsp3) is 0.444. The molecular formula is C18H27N. The first-order chi connectivity index (χ1) is 8.93. The number of rotatable bonds is 5. The Morgan fingerprint density at radius 1 is 1.21 bits per heavy atom. The van der Waals surface area contributed by atoms with Gasteiger partial charge in [0.25, 0.3) is 0 Å². The van der Waals surface area contributed by atoms with E-state index in [0.717, 1.165) is 6.54 Å². The highest BCUT2D eigenvalue weighted by atomic mass is 15.0. The van der Waals surface area contributed by atoms with E-state index in [2.05, 4.69) is 70.9 Å². The van der Waals surface area contributed by atoms with Crippen molar-refractivity contribution < 1.29 is 0 Å². The molecule has 1 heteroatoms. The maximum Gasteiger partial charge on any atom is 0.0475 e. The molecule has 104 valence electrons. The third kappa shape index (κ3) is 3.28. The molecule has 1 aromatic heterocycles. The lowest BCUT2D eigenvalue weighted by atomic mass is 9.99. The van der Waals surface area contributed by atoms with Gasteiger partial charge in [0.2, 0.25) is 0 Å². The molecule has 0 radical (unpaired) electrons. The number of hydrogen-bond acceptors (Lipinski definition) is 0. The van der Waals surface area contributed by atoms with Gasteiger partial charge in [-0.15, -0.1) is 0 Å². The number of aromatic nitrogens is 1. The van der Waals surface area contributed by atoms with Crippen LogP contribution in [-0.2, 0) is 6.54 Å². The first-order valence-electron chi connectivity index (χ1n) is 7.04. The zero-order chi connectivity index (χ0) is 14.6. The molecule has 1 aromatic rings. The Hall–Kier alpha value is -1.50. The van der Waals surface area contributed by atoms with Crippen molar-refractivity contribution in [1.29, 1.82) is 0 Å². The van der Waals surface area contributed by atoms with Crippen LogP contribution < -0.4 is 0 Å². The van der Waals surface area contributed by atoms with Crippen molar-refractivity contribution in [1.82, 2.24) is 4.57 Å². The van der Waals surface area contributed by atoms with Gasteiger partial charge in [-0.25, -0.2) is 0 Å². The summed E-state index contributed by atoms with van der Waals surface area (Å²) in [4.78, 5) is 0. The van der Waals surface area contributed by atoms with Crippen molar-refractivity contribution in [2.75, 3.05) is 0 Å². The number of nitrogens with zero attached hydrogens (tertiary/aromatic N) is 1. The van der Waals surface area contributed by atoms with Gasteiger partial charge in [-0.2, -0.15) is 0 Å². The van der Waals surface area contributed by atoms with E-state index in [-0.39, 0.29) is 0 Å². The van der Waals surface area contributed by atoms with Gasteiger partial charge in [0.05, 0.1) is 0 Å². The summed E-state index contributed by atoms with van der Waals surface area (Å²) < 4.78 is 2.42. The molecule has 0 aliphatic heterocycles. The molecule has 0 N–H and O–H groups in total. The van der Waals surface area contributed by atoms with E-state index in [4.69, 9.17) is 0 Å². The van der Waals surface area contributed by atoms with Gasteiger partial charge in [0.15, 0.2) is 0 Å². The van der Waals surface area contributed by atoms with Crippen LogP contribution in [0.1, 0.15) is 49.2 Å². The quantitative estimate of drug-likeness (QED) is 0.637. The van der Waals surface area contributed by atoms with Crippen LogP contribution in [0.25, 0.3) is 0 Å². The fourth-order valence-electron chi connectivity index (χ4n) is 2.86. The second-order valence-electron chi connectivity index (χ2n) is 5.43. The van der Waals surface area contributed by atoms with Gasteiger partial charge in [-0.05, 0) is 50.3 Å². The van der Waals surface area contributed by atoms with E-state index in [0.29, 0.717) is 5.92 Å². The SMILES string of the molecule is C=C/C=C(\C=C/C)Cn1c(C)c(C)c(C(C)C)c1C. The van der Waals surface area contributed by atoms with Gasteiger partial charge in [-0.3, -0.25) is 0 Å². The maximum atomic E-state index is 3.80. The lowest BCUT2D eigenvalue weighted by molar-refractivity contribution is 0.735. The first kappa shape index (κ1) is 15.6. The number of hydrogen-bond donors (Lipinski definition) is 0. The predicted octanol–water partition coefficient (Wildman–Crippen LogP) is 5.23. The standard InChI is InChI=1S/C18H27N/c1-8-10-17(11-9-2)12-19-15(6)14(5)18(13(3)4)16(19)7/h8-11,13H,1,12H2,2-7H3/b11-9-,17-10+. The monoisotopic (exact) mass is 257 g/mol. The molecular weight excluding hydrogens is 230 g/mol. The molecule has 0 atom stereocenters. The highest BCUT2D eigenvalue weighted by Gasteiger charge is 2.16. The molecule has 0 unspecified atom stereocenters. The third-order valence-corrected chi connectivity index (χ3v) is 3.78. The van der Waals surface area contributed by atoms with Crippen LogP contribution in [-0.4, -0.2) is 4.57 Å². The van der Waals surface area contributed by atoms with Gasteiger partial charge in [-0.1, -0.05) is 44.7 Å². The first-order valence-corrected chi connectivity index (χ1v) is 7.04. The number of allylic oxidation sites excluding steroid dienone is 5. The molecule has 1 rings (SSSR count). The van der Waals surface area contributed by atoms with Crippen LogP contribution >= 0.6 is 0 Å². The van der Waals surface area contributed by atoms with Crippen LogP contribution in [0, 0.1) is 20.8 Å². The van der Waals surface area contributed by atoms with Crippen molar-refractivity contribution in [3.05, 3.63) is 59.0 Å². The molecule has 19 heavy (non-hydrogen) atoms. The zero-order valence-electron chi connectivity index (χ0n) is 13.2. The maximum absolute atomic E-state index is 3.80. The Morgan fingerprint density at radius 3 is 2.26 bits per heavy atom. The average molecular weight is 257 g/mol. The van der Waals surface area contributed by atoms with Crippen molar-refractivity contribution in [3.63, 3.8) is 0 Å². The molecule has 0 aromatic carbocycles. The van der Waals surface area contributed by atoms with Crippen molar-refractivity contribution in [2.24, 2.45) is 0 Å². The van der Waals surface area contributed by atoms with Crippen molar-refractivity contribution in [2.45, 2.75) is 54.0 Å². The van der Waals surface area contributed by atoms with E-state index in [1.165, 1.54) is 28.1 Å². The summed E-state index contributed by atoms with van der Waals surface area (Å²) in [6.07, 6.45) is 8.19. The Bertz CT molecular complexity index is 510. The highest BCUT2D eigenvalue weighted by Crippen LogP contribution is 2.29. The second-order valence-corrected chi connectivity index (χ2v) is 5.43. The summed E-state index contributed by atoms with van der Waals surface area (Å²) in [6, 6.07) is 0. The Balaban J connectivity index is 3.25. The fourth-order valence-corrected chi connectivity index (χ4v) is 2.86. The Labute approximate surface area is 118 Å². The summed E-state index contributed by atoms with van der Waals surface area (Å²) in [5.41, 5.74) is 6.99. The minimum atomic E-state index is 0.577. The molecule has 0 saturated carbocycles. The van der Waals surface area contributed by atoms with Crippen LogP contribution in [0.15, 0.2) is 36.5 Å². The van der Waals surface area contributed by atoms with Crippen LogP contribution in [0.2, 0.25) is 0 Å². The summed E-state index contributed by atoms with van der Waals surface area (Å²) in [6.45, 7) is 18.0. The molecule has 1 heterocycles. The third-order valence-electron chi connectivity index (χ3n) is 3.78. The van der Waals surface area contributed by atoms with Gasteiger partial charge >= 0.3 is 0 Å². The van der Waals surface area contributed by atoms with Crippen molar-refractivity contribution in [3.8, 4) is 0 Å². The summed E-state index contributed by atoms with van der Waals surface area (Å²) in [7, 11) is 0. The Morgan fingerprint density at radius 2 is 1.84 bits per heavy atom. The van der Waals surface area contributed by atoms with E-state index >= 15 is 0 Å². The Kier molecular flexibility index (Phi) is 5.41. The summed E-state index contributed by atoms with van der Waals surface area (Å²) >= 11 is 0. The highest BCUT2D eigenvalue weighted by molar-refractivity contribution is 5.40. The molecule has 0 aliphatic rings. The largest absolute Gasteiger partial charge is 0.344 e. The molecule has 0 amide bonds. The van der Waals surface area contributed by atoms with Gasteiger partial charge < -0.3 is 4.57 Å². The summed E-state index contributed by atoms with van der Waals surface area (Å²) in [5.74, 6) is 0.577. The van der Waals surface area contributed by atoms with Crippen LogP contribution in [0.3, 0.4) is 0 Å². The van der Waals surface area contributed by atoms with Crippen LogP contribution in [0.5, 0.6) is 0 Å². The van der Waals surface area contributed by atoms with E-state index in [9.17, 15) is 0 Å². The minimum Gasteiger partial charge on any atom is -0.344 e. The molecule has 1 nitrogen and oxygen atoms in total. The lowest BCUT2D eigenvalue weighted by Crippen LogP contribution is -2.05. The van der Waals surface area contributed by atoms with Crippen LogP contribution in [0.4, 0.5) is 0 Å². The van der Waals surface area contributed by atoms with Gasteiger partial charge in [0, 0.05) is 17.9 Å². The van der Waals surface area contributed by atoms with Crippen molar-refractivity contribution >= 4 is 0 Å². The minimum absolute atomic E-state index is 0.577. The molecule has 0 spiro atoms. The molecule has 0 fully saturated rings. The molecule has 0 bridgehead atoms.